The van der Waals surface area contributed by atoms with E-state index < -0.39 is 12.1 Å². The molecule has 1 atom stereocenters. The summed E-state index contributed by atoms with van der Waals surface area (Å²) < 4.78 is 5.25. The lowest BCUT2D eigenvalue weighted by atomic mass is 9.98. The molecule has 2 aromatic rings. The fourth-order valence-electron chi connectivity index (χ4n) is 2.43. The Balaban J connectivity index is 1.76. The Bertz CT molecular complexity index is 796. The maximum atomic E-state index is 12.7. The number of carbonyl (C=O) groups excluding carboxylic acids is 3. The van der Waals surface area contributed by atoms with Crippen LogP contribution in [-0.4, -0.2) is 29.8 Å². The van der Waals surface area contributed by atoms with Crippen LogP contribution in [0.3, 0.4) is 0 Å². The second kappa shape index (κ2) is 7.30. The molecular formula is C20H19NO4. The van der Waals surface area contributed by atoms with E-state index in [1.807, 2.05) is 6.07 Å². The number of hydrogen-bond acceptors (Lipinski definition) is 4. The van der Waals surface area contributed by atoms with Crippen LogP contribution < -0.4 is 5.32 Å². The molecule has 5 heteroatoms. The first-order valence-corrected chi connectivity index (χ1v) is 8.26. The molecule has 0 bridgehead atoms. The summed E-state index contributed by atoms with van der Waals surface area (Å²) in [5.41, 5.74) is 0.901. The number of benzene rings is 2. The van der Waals surface area contributed by atoms with Gasteiger partial charge in [-0.3, -0.25) is 9.59 Å². The number of hydrogen-bond donors (Lipinski definition) is 1. The maximum Gasteiger partial charge on any atom is 0.339 e. The Kier molecular flexibility index (Phi) is 4.93. The Hall–Kier alpha value is -2.95. The number of ketones is 1. The first kappa shape index (κ1) is 16.9. The summed E-state index contributed by atoms with van der Waals surface area (Å²) in [6.45, 7) is 1.53. The van der Waals surface area contributed by atoms with Crippen molar-refractivity contribution in [3.05, 3.63) is 71.3 Å². The zero-order valence-corrected chi connectivity index (χ0v) is 13.9. The minimum atomic E-state index is -0.909. The molecule has 1 N–H and O–H groups in total. The smallest absolute Gasteiger partial charge is 0.339 e. The van der Waals surface area contributed by atoms with Gasteiger partial charge in [0.05, 0.1) is 5.56 Å². The van der Waals surface area contributed by atoms with Crippen LogP contribution in [0.5, 0.6) is 0 Å². The highest BCUT2D eigenvalue weighted by Crippen LogP contribution is 2.19. The predicted octanol–water partition coefficient (Wildman–Crippen LogP) is 2.74. The molecule has 0 saturated heterocycles. The van der Waals surface area contributed by atoms with Crippen molar-refractivity contribution in [2.24, 2.45) is 0 Å². The third kappa shape index (κ3) is 4.12. The van der Waals surface area contributed by atoms with Crippen molar-refractivity contribution in [1.82, 2.24) is 5.32 Å². The summed E-state index contributed by atoms with van der Waals surface area (Å²) in [7, 11) is 0. The van der Waals surface area contributed by atoms with Crippen molar-refractivity contribution >= 4 is 17.7 Å². The fourth-order valence-corrected chi connectivity index (χ4v) is 2.43. The minimum Gasteiger partial charge on any atom is -0.449 e. The second-order valence-corrected chi connectivity index (χ2v) is 6.07. The normalized spacial score (nSPS) is 14.4. The van der Waals surface area contributed by atoms with Gasteiger partial charge in [-0.2, -0.15) is 0 Å². The van der Waals surface area contributed by atoms with E-state index >= 15 is 0 Å². The van der Waals surface area contributed by atoms with Gasteiger partial charge in [0, 0.05) is 17.2 Å². The molecule has 1 fully saturated rings. The van der Waals surface area contributed by atoms with Gasteiger partial charge >= 0.3 is 5.97 Å². The molecule has 0 unspecified atom stereocenters. The van der Waals surface area contributed by atoms with E-state index in [-0.39, 0.29) is 28.9 Å². The summed E-state index contributed by atoms with van der Waals surface area (Å²) >= 11 is 0. The number of carbonyl (C=O) groups is 3. The van der Waals surface area contributed by atoms with E-state index in [1.54, 1.807) is 42.5 Å². The van der Waals surface area contributed by atoms with Crippen LogP contribution in [0.2, 0.25) is 0 Å². The lowest BCUT2D eigenvalue weighted by Crippen LogP contribution is -2.37. The average molecular weight is 337 g/mol. The zero-order chi connectivity index (χ0) is 17.8. The summed E-state index contributed by atoms with van der Waals surface area (Å²) in [5.74, 6) is -1.26. The van der Waals surface area contributed by atoms with Gasteiger partial charge in [-0.1, -0.05) is 48.5 Å². The van der Waals surface area contributed by atoms with Gasteiger partial charge in [0.1, 0.15) is 0 Å². The molecule has 5 nitrogen and oxygen atoms in total. The maximum absolute atomic E-state index is 12.7. The Morgan fingerprint density at radius 1 is 0.960 bits per heavy atom. The van der Waals surface area contributed by atoms with E-state index in [0.29, 0.717) is 5.56 Å². The van der Waals surface area contributed by atoms with Crippen LogP contribution in [-0.2, 0) is 9.53 Å². The van der Waals surface area contributed by atoms with E-state index in [2.05, 4.69) is 5.32 Å². The molecule has 25 heavy (non-hydrogen) atoms. The highest BCUT2D eigenvalue weighted by atomic mass is 16.5. The van der Waals surface area contributed by atoms with Crippen LogP contribution in [0, 0.1) is 0 Å². The molecule has 1 aliphatic carbocycles. The van der Waals surface area contributed by atoms with Crippen molar-refractivity contribution in [2.45, 2.75) is 31.9 Å². The Morgan fingerprint density at radius 2 is 1.56 bits per heavy atom. The number of rotatable bonds is 6. The van der Waals surface area contributed by atoms with E-state index in [1.165, 1.54) is 13.0 Å². The molecule has 0 aliphatic heterocycles. The van der Waals surface area contributed by atoms with Crippen molar-refractivity contribution in [3.8, 4) is 0 Å². The number of nitrogens with one attached hydrogen (secondary N) is 1. The lowest BCUT2D eigenvalue weighted by molar-refractivity contribution is -0.129. The topological polar surface area (TPSA) is 72.5 Å². The molecule has 2 aromatic carbocycles. The summed E-state index contributed by atoms with van der Waals surface area (Å²) in [5, 5.41) is 2.79. The highest BCUT2D eigenvalue weighted by molar-refractivity contribution is 6.14. The predicted molar refractivity (Wildman–Crippen MR) is 92.4 cm³/mol. The molecule has 0 spiro atoms. The summed E-state index contributed by atoms with van der Waals surface area (Å²) in [6.07, 6.45) is 1.01. The number of ether oxygens (including phenoxy) is 1. The Labute approximate surface area is 146 Å². The zero-order valence-electron chi connectivity index (χ0n) is 13.9. The van der Waals surface area contributed by atoms with Gasteiger partial charge in [-0.15, -0.1) is 0 Å². The third-order valence-electron chi connectivity index (χ3n) is 4.00. The van der Waals surface area contributed by atoms with Crippen LogP contribution in [0.25, 0.3) is 0 Å². The van der Waals surface area contributed by atoms with E-state index in [0.717, 1.165) is 12.8 Å². The van der Waals surface area contributed by atoms with Crippen molar-refractivity contribution < 1.29 is 19.1 Å². The molecule has 128 valence electrons. The van der Waals surface area contributed by atoms with E-state index in [4.69, 9.17) is 4.74 Å². The minimum absolute atomic E-state index is 0.155. The molecule has 1 aliphatic rings. The number of amides is 1. The van der Waals surface area contributed by atoms with Crippen LogP contribution in [0.1, 0.15) is 46.0 Å². The largest absolute Gasteiger partial charge is 0.449 e. The van der Waals surface area contributed by atoms with Crippen LogP contribution in [0.4, 0.5) is 0 Å². The standard InChI is InChI=1S/C20H19NO4/c1-13(19(23)21-15-11-12-15)25-20(24)17-10-6-5-9-16(17)18(22)14-7-3-2-4-8-14/h2-10,13,15H,11-12H2,1H3,(H,21,23)/t13-/m1/s1. The van der Waals surface area contributed by atoms with Gasteiger partial charge in [0.25, 0.3) is 5.91 Å². The molecule has 3 rings (SSSR count). The van der Waals surface area contributed by atoms with Crippen molar-refractivity contribution in [3.63, 3.8) is 0 Å². The first-order valence-electron chi connectivity index (χ1n) is 8.26. The molecule has 1 saturated carbocycles. The Morgan fingerprint density at radius 3 is 2.20 bits per heavy atom. The summed E-state index contributed by atoms with van der Waals surface area (Å²) in [4.78, 5) is 37.1. The SMILES string of the molecule is C[C@@H](OC(=O)c1ccccc1C(=O)c1ccccc1)C(=O)NC1CC1. The molecule has 0 radical (unpaired) electrons. The molecule has 0 aromatic heterocycles. The van der Waals surface area contributed by atoms with E-state index in [9.17, 15) is 14.4 Å². The van der Waals surface area contributed by atoms with Gasteiger partial charge in [0.15, 0.2) is 11.9 Å². The molecule has 1 amide bonds. The number of esters is 1. The lowest BCUT2D eigenvalue weighted by Gasteiger charge is -2.14. The molecule has 0 heterocycles. The van der Waals surface area contributed by atoms with Gasteiger partial charge < -0.3 is 10.1 Å². The van der Waals surface area contributed by atoms with Crippen LogP contribution in [0.15, 0.2) is 54.6 Å². The van der Waals surface area contributed by atoms with Gasteiger partial charge in [-0.25, -0.2) is 4.79 Å². The second-order valence-electron chi connectivity index (χ2n) is 6.07. The first-order chi connectivity index (χ1) is 12.1. The van der Waals surface area contributed by atoms with Gasteiger partial charge in [0.2, 0.25) is 0 Å². The van der Waals surface area contributed by atoms with Crippen LogP contribution >= 0.6 is 0 Å². The van der Waals surface area contributed by atoms with Crippen molar-refractivity contribution in [1.29, 1.82) is 0 Å². The quantitative estimate of drug-likeness (QED) is 0.650. The highest BCUT2D eigenvalue weighted by Gasteiger charge is 2.28. The van der Waals surface area contributed by atoms with Gasteiger partial charge in [-0.05, 0) is 25.8 Å². The fraction of sp³-hybridized carbons (Fsp3) is 0.250. The molecular weight excluding hydrogens is 318 g/mol. The average Bonchev–Trinajstić information content (AvgIpc) is 3.45. The third-order valence-corrected chi connectivity index (χ3v) is 4.00. The van der Waals surface area contributed by atoms with Crippen molar-refractivity contribution in [2.75, 3.05) is 0 Å². The monoisotopic (exact) mass is 337 g/mol. The summed E-state index contributed by atoms with van der Waals surface area (Å²) in [6, 6.07) is 15.4.